The minimum atomic E-state index is -0.884. The highest BCUT2D eigenvalue weighted by atomic mass is 19.1. The molecule has 0 radical (unpaired) electrons. The topological polar surface area (TPSA) is 93.5 Å². The van der Waals surface area contributed by atoms with Crippen LogP contribution in [-0.2, 0) is 0 Å². The lowest BCUT2D eigenvalue weighted by Crippen LogP contribution is -2.13. The van der Waals surface area contributed by atoms with E-state index < -0.39 is 17.3 Å². The van der Waals surface area contributed by atoms with Gasteiger partial charge in [-0.25, -0.2) is 9.18 Å². The Labute approximate surface area is 123 Å². The van der Waals surface area contributed by atoms with Gasteiger partial charge in [-0.3, -0.25) is 4.79 Å². The summed E-state index contributed by atoms with van der Waals surface area (Å²) in [7, 11) is 0. The van der Waals surface area contributed by atoms with Gasteiger partial charge in [0.25, 0.3) is 5.91 Å². The van der Waals surface area contributed by atoms with Crippen LogP contribution in [0, 0.1) is 5.82 Å². The van der Waals surface area contributed by atoms with Gasteiger partial charge in [-0.05, 0) is 35.9 Å². The number of rotatable bonds is 2. The van der Waals surface area contributed by atoms with Crippen LogP contribution in [-0.4, -0.2) is 11.0 Å². The third kappa shape index (κ3) is 2.31. The molecule has 0 spiro atoms. The average Bonchev–Trinajstić information content (AvgIpc) is 2.47. The zero-order valence-corrected chi connectivity index (χ0v) is 11.2. The molecule has 0 atom stereocenters. The molecule has 0 aliphatic rings. The molecule has 3 rings (SSSR count). The minimum absolute atomic E-state index is 0.0518. The molecule has 0 aliphatic heterocycles. The Morgan fingerprint density at radius 1 is 1.14 bits per heavy atom. The van der Waals surface area contributed by atoms with Crippen LogP contribution in [0.4, 0.5) is 4.39 Å². The quantitative estimate of drug-likeness (QED) is 0.710. The molecule has 0 saturated carbocycles. The van der Waals surface area contributed by atoms with E-state index in [9.17, 15) is 19.1 Å². The molecule has 22 heavy (non-hydrogen) atoms. The van der Waals surface area contributed by atoms with Crippen molar-refractivity contribution in [1.29, 1.82) is 0 Å². The van der Waals surface area contributed by atoms with Gasteiger partial charge in [-0.1, -0.05) is 12.1 Å². The monoisotopic (exact) mass is 299 g/mol. The number of amides is 1. The van der Waals surface area contributed by atoms with Gasteiger partial charge in [0, 0.05) is 5.39 Å². The lowest BCUT2D eigenvalue weighted by Gasteiger charge is -2.06. The SMILES string of the molecule is NC(=O)c1cc(F)cc2cc(-c3ccc(O)cc3)c(=O)oc12. The molecule has 3 aromatic rings. The maximum atomic E-state index is 13.6. The molecular weight excluding hydrogens is 289 g/mol. The molecule has 1 amide bonds. The fourth-order valence-corrected chi connectivity index (χ4v) is 2.22. The Kier molecular flexibility index (Phi) is 3.14. The average molecular weight is 299 g/mol. The molecule has 0 aliphatic carbocycles. The number of hydrogen-bond acceptors (Lipinski definition) is 4. The van der Waals surface area contributed by atoms with Crippen molar-refractivity contribution >= 4 is 16.9 Å². The number of benzene rings is 2. The molecule has 0 fully saturated rings. The molecule has 110 valence electrons. The van der Waals surface area contributed by atoms with Crippen LogP contribution in [0.25, 0.3) is 22.1 Å². The van der Waals surface area contributed by atoms with Gasteiger partial charge in [-0.2, -0.15) is 0 Å². The van der Waals surface area contributed by atoms with Crippen LogP contribution < -0.4 is 11.4 Å². The Morgan fingerprint density at radius 2 is 1.82 bits per heavy atom. The van der Waals surface area contributed by atoms with Gasteiger partial charge < -0.3 is 15.3 Å². The first kappa shape index (κ1) is 13.8. The molecule has 0 bridgehead atoms. The first-order valence-electron chi connectivity index (χ1n) is 6.32. The third-order valence-corrected chi connectivity index (χ3v) is 3.24. The van der Waals surface area contributed by atoms with E-state index >= 15 is 0 Å². The van der Waals surface area contributed by atoms with Gasteiger partial charge in [0.1, 0.15) is 11.6 Å². The van der Waals surface area contributed by atoms with Gasteiger partial charge in [0.15, 0.2) is 5.58 Å². The number of halogens is 1. The summed E-state index contributed by atoms with van der Waals surface area (Å²) in [6, 6.07) is 9.38. The second-order valence-corrected chi connectivity index (χ2v) is 4.73. The predicted octanol–water partition coefficient (Wildman–Crippen LogP) is 2.40. The normalized spacial score (nSPS) is 10.8. The van der Waals surface area contributed by atoms with Crippen molar-refractivity contribution in [2.24, 2.45) is 5.73 Å². The first-order chi connectivity index (χ1) is 10.5. The van der Waals surface area contributed by atoms with Gasteiger partial charge >= 0.3 is 5.63 Å². The zero-order valence-electron chi connectivity index (χ0n) is 11.2. The highest BCUT2D eigenvalue weighted by Crippen LogP contribution is 2.25. The lowest BCUT2D eigenvalue weighted by atomic mass is 10.0. The Balaban J connectivity index is 2.31. The van der Waals surface area contributed by atoms with E-state index in [0.29, 0.717) is 5.56 Å². The molecule has 5 nitrogen and oxygen atoms in total. The van der Waals surface area contributed by atoms with E-state index in [1.165, 1.54) is 30.3 Å². The summed E-state index contributed by atoms with van der Waals surface area (Å²) in [4.78, 5) is 23.4. The van der Waals surface area contributed by atoms with Crippen molar-refractivity contribution in [1.82, 2.24) is 0 Å². The molecule has 6 heteroatoms. The van der Waals surface area contributed by atoms with Crippen LogP contribution >= 0.6 is 0 Å². The molecule has 0 unspecified atom stereocenters. The fraction of sp³-hybridized carbons (Fsp3) is 0. The number of carbonyl (C=O) groups is 1. The van der Waals surface area contributed by atoms with Gasteiger partial charge in [0.2, 0.25) is 0 Å². The van der Waals surface area contributed by atoms with Crippen molar-refractivity contribution in [3.8, 4) is 16.9 Å². The molecule has 0 saturated heterocycles. The smallest absolute Gasteiger partial charge is 0.344 e. The van der Waals surface area contributed by atoms with Crippen LogP contribution in [0.3, 0.4) is 0 Å². The lowest BCUT2D eigenvalue weighted by molar-refractivity contribution is 0.100. The van der Waals surface area contributed by atoms with Crippen molar-refractivity contribution in [2.75, 3.05) is 0 Å². The van der Waals surface area contributed by atoms with Crippen molar-refractivity contribution < 1.29 is 18.7 Å². The van der Waals surface area contributed by atoms with Crippen LogP contribution in [0.15, 0.2) is 51.7 Å². The van der Waals surface area contributed by atoms with Gasteiger partial charge in [0.05, 0.1) is 11.1 Å². The number of phenols is 1. The number of aromatic hydroxyl groups is 1. The fourth-order valence-electron chi connectivity index (χ4n) is 2.22. The van der Waals surface area contributed by atoms with E-state index in [0.717, 1.165) is 12.1 Å². The molecule has 2 aromatic carbocycles. The van der Waals surface area contributed by atoms with E-state index in [1.807, 2.05) is 0 Å². The van der Waals surface area contributed by atoms with Crippen LogP contribution in [0.5, 0.6) is 5.75 Å². The Bertz CT molecular complexity index is 945. The summed E-state index contributed by atoms with van der Waals surface area (Å²) < 4.78 is 18.7. The Morgan fingerprint density at radius 3 is 2.45 bits per heavy atom. The standard InChI is InChI=1S/C16H10FNO4/c17-10-5-9-6-12(8-1-3-11(19)4-2-8)16(21)22-14(9)13(7-10)15(18)20/h1-7,19H,(H2,18,20). The second kappa shape index (κ2) is 5.00. The number of nitrogens with two attached hydrogens (primary N) is 1. The van der Waals surface area contributed by atoms with Crippen LogP contribution in [0.1, 0.15) is 10.4 Å². The predicted molar refractivity (Wildman–Crippen MR) is 78.1 cm³/mol. The number of fused-ring (bicyclic) bond motifs is 1. The first-order valence-corrected chi connectivity index (χ1v) is 6.32. The second-order valence-electron chi connectivity index (χ2n) is 4.73. The van der Waals surface area contributed by atoms with E-state index in [2.05, 4.69) is 0 Å². The number of hydrogen-bond donors (Lipinski definition) is 2. The van der Waals surface area contributed by atoms with Crippen molar-refractivity contribution in [3.63, 3.8) is 0 Å². The summed E-state index contributed by atoms with van der Waals surface area (Å²) in [6.45, 7) is 0. The summed E-state index contributed by atoms with van der Waals surface area (Å²) in [5.74, 6) is -1.49. The maximum absolute atomic E-state index is 13.6. The highest BCUT2D eigenvalue weighted by Gasteiger charge is 2.15. The van der Waals surface area contributed by atoms with Crippen molar-refractivity contribution in [3.05, 3.63) is 64.3 Å². The molecular formula is C16H10FNO4. The maximum Gasteiger partial charge on any atom is 0.344 e. The van der Waals surface area contributed by atoms with Gasteiger partial charge in [-0.15, -0.1) is 0 Å². The zero-order chi connectivity index (χ0) is 15.9. The molecule has 3 N–H and O–H groups in total. The summed E-state index contributed by atoms with van der Waals surface area (Å²) >= 11 is 0. The number of carbonyl (C=O) groups excluding carboxylic acids is 1. The van der Waals surface area contributed by atoms with E-state index in [1.54, 1.807) is 0 Å². The summed E-state index contributed by atoms with van der Waals surface area (Å²) in [5.41, 5.74) is 4.92. The van der Waals surface area contributed by atoms with Crippen molar-refractivity contribution in [2.45, 2.75) is 0 Å². The highest BCUT2D eigenvalue weighted by molar-refractivity contribution is 6.04. The van der Waals surface area contributed by atoms with E-state index in [4.69, 9.17) is 10.2 Å². The van der Waals surface area contributed by atoms with Crippen LogP contribution in [0.2, 0.25) is 0 Å². The minimum Gasteiger partial charge on any atom is -0.508 e. The third-order valence-electron chi connectivity index (χ3n) is 3.24. The Hall–Kier alpha value is -3.15. The number of phenolic OH excluding ortho intramolecular Hbond substituents is 1. The molecule has 1 heterocycles. The van der Waals surface area contributed by atoms with E-state index in [-0.39, 0.29) is 27.8 Å². The largest absolute Gasteiger partial charge is 0.508 e. The summed E-state index contributed by atoms with van der Waals surface area (Å²) in [6.07, 6.45) is 0. The number of primary amides is 1. The molecule has 1 aromatic heterocycles. The summed E-state index contributed by atoms with van der Waals surface area (Å²) in [5, 5.41) is 9.52.